The van der Waals surface area contributed by atoms with Crippen molar-refractivity contribution >= 4 is 5.69 Å². The average molecular weight is 256 g/mol. The molecule has 0 bridgehead atoms. The molecule has 1 aromatic heterocycles. The highest BCUT2D eigenvalue weighted by atomic mass is 16.3. The van der Waals surface area contributed by atoms with Gasteiger partial charge in [-0.05, 0) is 44.5 Å². The van der Waals surface area contributed by atoms with E-state index >= 15 is 0 Å². The number of benzene rings is 1. The Hall–Kier alpha value is -2.03. The van der Waals surface area contributed by atoms with Crippen LogP contribution in [0.25, 0.3) is 0 Å². The molecule has 0 atom stereocenters. The Kier molecular flexibility index (Phi) is 3.74. The number of aromatic nitrogens is 1. The molecule has 0 aliphatic rings. The van der Waals surface area contributed by atoms with Gasteiger partial charge in [0, 0.05) is 18.4 Å². The smallest absolute Gasteiger partial charge is 0.138 e. The molecule has 0 saturated carbocycles. The van der Waals surface area contributed by atoms with E-state index in [-0.39, 0.29) is 5.75 Å². The topological polar surface area (TPSA) is 36.4 Å². The zero-order valence-corrected chi connectivity index (χ0v) is 11.9. The van der Waals surface area contributed by atoms with Crippen LogP contribution in [0.1, 0.15) is 22.5 Å². The minimum Gasteiger partial charge on any atom is -0.506 e. The Balaban J connectivity index is 2.25. The van der Waals surface area contributed by atoms with Crippen molar-refractivity contribution < 1.29 is 5.11 Å². The number of aromatic hydroxyl groups is 1. The van der Waals surface area contributed by atoms with Crippen molar-refractivity contribution in [2.45, 2.75) is 27.3 Å². The second-order valence-electron chi connectivity index (χ2n) is 5.06. The fourth-order valence-corrected chi connectivity index (χ4v) is 2.26. The number of rotatable bonds is 3. The Morgan fingerprint density at radius 1 is 1.11 bits per heavy atom. The van der Waals surface area contributed by atoms with Crippen LogP contribution in [0.4, 0.5) is 5.69 Å². The molecule has 2 aromatic rings. The van der Waals surface area contributed by atoms with E-state index in [9.17, 15) is 5.11 Å². The highest BCUT2D eigenvalue weighted by Gasteiger charge is 2.09. The molecular formula is C16H20N2O. The van der Waals surface area contributed by atoms with E-state index in [0.29, 0.717) is 12.2 Å². The first-order chi connectivity index (χ1) is 8.97. The van der Waals surface area contributed by atoms with Gasteiger partial charge in [-0.1, -0.05) is 17.7 Å². The Labute approximate surface area is 114 Å². The largest absolute Gasteiger partial charge is 0.506 e. The van der Waals surface area contributed by atoms with Crippen molar-refractivity contribution in [1.29, 1.82) is 0 Å². The average Bonchev–Trinajstić information content (AvgIpc) is 2.33. The summed E-state index contributed by atoms with van der Waals surface area (Å²) in [5.41, 5.74) is 5.28. The first kappa shape index (κ1) is 13.4. The fourth-order valence-electron chi connectivity index (χ4n) is 2.26. The molecule has 1 heterocycles. The van der Waals surface area contributed by atoms with Crippen molar-refractivity contribution in [3.8, 4) is 5.75 Å². The van der Waals surface area contributed by atoms with E-state index in [2.05, 4.69) is 41.9 Å². The predicted octanol–water partition coefficient (Wildman–Crippen LogP) is 3.35. The van der Waals surface area contributed by atoms with Gasteiger partial charge in [-0.3, -0.25) is 4.98 Å². The van der Waals surface area contributed by atoms with Crippen LogP contribution in [0.3, 0.4) is 0 Å². The summed E-state index contributed by atoms with van der Waals surface area (Å²) in [5, 5.41) is 9.86. The van der Waals surface area contributed by atoms with Crippen LogP contribution in [-0.2, 0) is 6.54 Å². The highest BCUT2D eigenvalue weighted by molar-refractivity contribution is 5.54. The number of aryl methyl sites for hydroxylation is 3. The van der Waals surface area contributed by atoms with Crippen LogP contribution in [0.5, 0.6) is 5.75 Å². The van der Waals surface area contributed by atoms with Gasteiger partial charge in [0.25, 0.3) is 0 Å². The lowest BCUT2D eigenvalue weighted by molar-refractivity contribution is 0.463. The molecule has 2 rings (SSSR count). The fraction of sp³-hybridized carbons (Fsp3) is 0.312. The van der Waals surface area contributed by atoms with Crippen LogP contribution >= 0.6 is 0 Å². The number of hydrogen-bond donors (Lipinski definition) is 1. The van der Waals surface area contributed by atoms with Gasteiger partial charge in [-0.15, -0.1) is 0 Å². The first-order valence-corrected chi connectivity index (χ1v) is 6.41. The molecule has 1 aromatic carbocycles. The molecule has 0 fully saturated rings. The molecule has 0 radical (unpaired) electrons. The minimum absolute atomic E-state index is 0.252. The molecule has 100 valence electrons. The molecule has 0 spiro atoms. The van der Waals surface area contributed by atoms with Crippen molar-refractivity contribution in [2.75, 3.05) is 11.9 Å². The Morgan fingerprint density at radius 3 is 2.53 bits per heavy atom. The van der Waals surface area contributed by atoms with Gasteiger partial charge in [0.1, 0.15) is 11.4 Å². The van der Waals surface area contributed by atoms with E-state index in [0.717, 1.165) is 11.4 Å². The number of hydrogen-bond acceptors (Lipinski definition) is 3. The number of nitrogens with zero attached hydrogens (tertiary/aromatic N) is 2. The zero-order chi connectivity index (χ0) is 14.0. The van der Waals surface area contributed by atoms with Crippen LogP contribution in [0.2, 0.25) is 0 Å². The van der Waals surface area contributed by atoms with Gasteiger partial charge in [0.05, 0.1) is 6.54 Å². The zero-order valence-electron chi connectivity index (χ0n) is 11.9. The van der Waals surface area contributed by atoms with Gasteiger partial charge in [0.2, 0.25) is 0 Å². The third kappa shape index (κ3) is 3.05. The lowest BCUT2D eigenvalue weighted by Crippen LogP contribution is -2.18. The molecule has 3 heteroatoms. The SMILES string of the molecule is Cc1ccc(N(C)Cc2nc(C)ccc2O)c(C)c1. The van der Waals surface area contributed by atoms with E-state index < -0.39 is 0 Å². The molecule has 0 unspecified atom stereocenters. The van der Waals surface area contributed by atoms with Crippen molar-refractivity contribution in [2.24, 2.45) is 0 Å². The molecule has 0 saturated heterocycles. The monoisotopic (exact) mass is 256 g/mol. The van der Waals surface area contributed by atoms with Crippen LogP contribution in [-0.4, -0.2) is 17.1 Å². The van der Waals surface area contributed by atoms with Crippen LogP contribution < -0.4 is 4.90 Å². The maximum absolute atomic E-state index is 9.86. The normalized spacial score (nSPS) is 10.5. The van der Waals surface area contributed by atoms with Crippen molar-refractivity contribution in [3.05, 3.63) is 52.8 Å². The number of pyridine rings is 1. The van der Waals surface area contributed by atoms with E-state index in [1.54, 1.807) is 6.07 Å². The van der Waals surface area contributed by atoms with E-state index in [4.69, 9.17) is 0 Å². The van der Waals surface area contributed by atoms with Crippen LogP contribution in [0, 0.1) is 20.8 Å². The van der Waals surface area contributed by atoms with Gasteiger partial charge >= 0.3 is 0 Å². The third-order valence-electron chi connectivity index (χ3n) is 3.24. The highest BCUT2D eigenvalue weighted by Crippen LogP contribution is 2.23. The van der Waals surface area contributed by atoms with E-state index in [1.165, 1.54) is 11.1 Å². The molecule has 0 amide bonds. The summed E-state index contributed by atoms with van der Waals surface area (Å²) in [5.74, 6) is 0.252. The summed E-state index contributed by atoms with van der Waals surface area (Å²) in [6.07, 6.45) is 0. The lowest BCUT2D eigenvalue weighted by Gasteiger charge is -2.22. The maximum atomic E-state index is 9.86. The summed E-state index contributed by atoms with van der Waals surface area (Å²) in [6.45, 7) is 6.71. The summed E-state index contributed by atoms with van der Waals surface area (Å²) >= 11 is 0. The summed E-state index contributed by atoms with van der Waals surface area (Å²) < 4.78 is 0. The Bertz CT molecular complexity index is 593. The molecule has 1 N–H and O–H groups in total. The molecule has 19 heavy (non-hydrogen) atoms. The third-order valence-corrected chi connectivity index (χ3v) is 3.24. The van der Waals surface area contributed by atoms with Gasteiger partial charge in [-0.2, -0.15) is 0 Å². The maximum Gasteiger partial charge on any atom is 0.138 e. The molecule has 0 aliphatic heterocycles. The lowest BCUT2D eigenvalue weighted by atomic mass is 10.1. The predicted molar refractivity (Wildman–Crippen MR) is 78.7 cm³/mol. The van der Waals surface area contributed by atoms with E-state index in [1.807, 2.05) is 20.0 Å². The molecule has 3 nitrogen and oxygen atoms in total. The molecule has 0 aliphatic carbocycles. The first-order valence-electron chi connectivity index (χ1n) is 6.41. The minimum atomic E-state index is 0.252. The second kappa shape index (κ2) is 5.31. The summed E-state index contributed by atoms with van der Waals surface area (Å²) in [7, 11) is 2.02. The molecular weight excluding hydrogens is 236 g/mol. The summed E-state index contributed by atoms with van der Waals surface area (Å²) in [6, 6.07) is 9.89. The van der Waals surface area contributed by atoms with Gasteiger partial charge in [-0.25, -0.2) is 0 Å². The standard InChI is InChI=1S/C16H20N2O/c1-11-5-7-15(12(2)9-11)18(4)10-14-16(19)8-6-13(3)17-14/h5-9,19H,10H2,1-4H3. The van der Waals surface area contributed by atoms with Gasteiger partial charge < -0.3 is 10.0 Å². The van der Waals surface area contributed by atoms with Crippen molar-refractivity contribution in [1.82, 2.24) is 4.98 Å². The Morgan fingerprint density at radius 2 is 1.84 bits per heavy atom. The van der Waals surface area contributed by atoms with Crippen LogP contribution in [0.15, 0.2) is 30.3 Å². The van der Waals surface area contributed by atoms with Crippen molar-refractivity contribution in [3.63, 3.8) is 0 Å². The quantitative estimate of drug-likeness (QED) is 0.915. The summed E-state index contributed by atoms with van der Waals surface area (Å²) in [4.78, 5) is 6.50. The second-order valence-corrected chi connectivity index (χ2v) is 5.06. The number of anilines is 1. The van der Waals surface area contributed by atoms with Gasteiger partial charge in [0.15, 0.2) is 0 Å².